The number of alkyl halides is 3. The van der Waals surface area contributed by atoms with Crippen molar-refractivity contribution in [1.82, 2.24) is 25.0 Å². The molecule has 7 nitrogen and oxygen atoms in total. The Bertz CT molecular complexity index is 1330. The van der Waals surface area contributed by atoms with Gasteiger partial charge >= 0.3 is 6.18 Å². The highest BCUT2D eigenvalue weighted by Crippen LogP contribution is 2.35. The minimum absolute atomic E-state index is 0.0440. The SMILES string of the molecule is Cc1cc(C(F)(F)F)nn1CC(=O)N1CCC(c2nc(C(=O)N[C@H]3c4ccccc4CCC3C)cs2)CC1. The van der Waals surface area contributed by atoms with Crippen LogP contribution in [0, 0.1) is 12.8 Å². The normalized spacial score (nSPS) is 20.3. The van der Waals surface area contributed by atoms with E-state index in [0.29, 0.717) is 43.2 Å². The van der Waals surface area contributed by atoms with Gasteiger partial charge in [0.2, 0.25) is 5.91 Å². The van der Waals surface area contributed by atoms with Crippen molar-refractivity contribution in [2.45, 2.75) is 64.2 Å². The van der Waals surface area contributed by atoms with Crippen molar-refractivity contribution in [3.05, 3.63) is 68.9 Å². The molecule has 0 spiro atoms. The maximum atomic E-state index is 13.1. The summed E-state index contributed by atoms with van der Waals surface area (Å²) in [5.74, 6) is 0.0218. The van der Waals surface area contributed by atoms with E-state index in [1.165, 1.54) is 29.4 Å². The van der Waals surface area contributed by atoms with Crippen molar-refractivity contribution in [3.63, 3.8) is 0 Å². The maximum absolute atomic E-state index is 13.1. The lowest BCUT2D eigenvalue weighted by molar-refractivity contribution is -0.142. The Labute approximate surface area is 223 Å². The van der Waals surface area contributed by atoms with E-state index in [9.17, 15) is 22.8 Å². The average Bonchev–Trinajstić information content (AvgIpc) is 3.53. The summed E-state index contributed by atoms with van der Waals surface area (Å²) in [6, 6.07) is 9.14. The van der Waals surface area contributed by atoms with E-state index in [1.807, 2.05) is 12.1 Å². The highest BCUT2D eigenvalue weighted by atomic mass is 32.1. The molecule has 2 aliphatic rings. The van der Waals surface area contributed by atoms with E-state index in [4.69, 9.17) is 0 Å². The van der Waals surface area contributed by atoms with Crippen LogP contribution in [0.4, 0.5) is 13.2 Å². The van der Waals surface area contributed by atoms with Crippen LogP contribution in [0.5, 0.6) is 0 Å². The molecule has 5 rings (SSSR count). The van der Waals surface area contributed by atoms with E-state index in [2.05, 4.69) is 34.5 Å². The van der Waals surface area contributed by atoms with Gasteiger partial charge in [0.05, 0.1) is 11.0 Å². The highest BCUT2D eigenvalue weighted by molar-refractivity contribution is 7.09. The first-order chi connectivity index (χ1) is 18.1. The number of nitrogens with zero attached hydrogens (tertiary/aromatic N) is 4. The number of nitrogens with one attached hydrogen (secondary N) is 1. The van der Waals surface area contributed by atoms with E-state index in [0.717, 1.165) is 28.6 Å². The van der Waals surface area contributed by atoms with Crippen molar-refractivity contribution >= 4 is 23.2 Å². The van der Waals surface area contributed by atoms with Crippen molar-refractivity contribution in [2.75, 3.05) is 13.1 Å². The molecule has 1 fully saturated rings. The second kappa shape index (κ2) is 10.5. The quantitative estimate of drug-likeness (QED) is 0.482. The Morgan fingerprint density at radius 2 is 1.89 bits per heavy atom. The fourth-order valence-corrected chi connectivity index (χ4v) is 6.32. The van der Waals surface area contributed by atoms with Gasteiger partial charge in [-0.1, -0.05) is 31.2 Å². The number of halogens is 3. The van der Waals surface area contributed by atoms with Crippen LogP contribution in [0.15, 0.2) is 35.7 Å². The number of hydrogen-bond donors (Lipinski definition) is 1. The van der Waals surface area contributed by atoms with Crippen LogP contribution < -0.4 is 5.32 Å². The molecule has 3 heterocycles. The lowest BCUT2D eigenvalue weighted by Crippen LogP contribution is -2.40. The smallest absolute Gasteiger partial charge is 0.344 e. The molecule has 2 amide bonds. The zero-order valence-corrected chi connectivity index (χ0v) is 22.1. The van der Waals surface area contributed by atoms with Gasteiger partial charge in [-0.25, -0.2) is 4.98 Å². The van der Waals surface area contributed by atoms with Gasteiger partial charge in [0.1, 0.15) is 12.2 Å². The van der Waals surface area contributed by atoms with Gasteiger partial charge in [0.15, 0.2) is 5.69 Å². The number of hydrogen-bond acceptors (Lipinski definition) is 5. The minimum Gasteiger partial charge on any atom is -0.344 e. The molecule has 202 valence electrons. The van der Waals surface area contributed by atoms with Crippen LogP contribution in [0.2, 0.25) is 0 Å². The number of benzene rings is 1. The maximum Gasteiger partial charge on any atom is 0.435 e. The zero-order chi connectivity index (χ0) is 27.0. The Kier molecular flexibility index (Phi) is 7.30. The molecule has 0 radical (unpaired) electrons. The molecule has 1 aromatic carbocycles. The van der Waals surface area contributed by atoms with Crippen molar-refractivity contribution in [3.8, 4) is 0 Å². The molecule has 0 bridgehead atoms. The van der Waals surface area contributed by atoms with E-state index >= 15 is 0 Å². The number of aromatic nitrogens is 3. The van der Waals surface area contributed by atoms with Gasteiger partial charge < -0.3 is 10.2 Å². The second-order valence-electron chi connectivity index (χ2n) is 10.2. The number of piperidine rings is 1. The topological polar surface area (TPSA) is 80.1 Å². The molecule has 1 aliphatic carbocycles. The molecule has 38 heavy (non-hydrogen) atoms. The van der Waals surface area contributed by atoms with Gasteiger partial charge in [-0.2, -0.15) is 18.3 Å². The molecule has 1 N–H and O–H groups in total. The first-order valence-electron chi connectivity index (χ1n) is 12.8. The first kappa shape index (κ1) is 26.4. The summed E-state index contributed by atoms with van der Waals surface area (Å²) >= 11 is 1.46. The Morgan fingerprint density at radius 3 is 2.61 bits per heavy atom. The summed E-state index contributed by atoms with van der Waals surface area (Å²) in [6.45, 7) is 4.40. The third-order valence-corrected chi connectivity index (χ3v) is 8.63. The molecule has 11 heteroatoms. The Morgan fingerprint density at radius 1 is 1.16 bits per heavy atom. The standard InChI is InChI=1S/C27H30F3N5O2S/c1-16-7-8-18-5-3-4-6-20(18)24(16)32-25(37)21-15-38-26(31-21)19-9-11-34(12-10-19)23(36)14-35-17(2)13-22(33-35)27(28,29)30/h3-6,13,15-16,19,24H,7-12,14H2,1-2H3,(H,32,37)/t16?,24-/m1/s1. The molecule has 0 saturated carbocycles. The van der Waals surface area contributed by atoms with Crippen molar-refractivity contribution in [1.29, 1.82) is 0 Å². The third kappa shape index (κ3) is 5.48. The van der Waals surface area contributed by atoms with Gasteiger partial charge in [-0.3, -0.25) is 14.3 Å². The van der Waals surface area contributed by atoms with Crippen LogP contribution in [0.3, 0.4) is 0 Å². The van der Waals surface area contributed by atoms with Crippen LogP contribution in [-0.2, 0) is 23.9 Å². The molecule has 1 aliphatic heterocycles. The summed E-state index contributed by atoms with van der Waals surface area (Å²) in [5.41, 5.74) is 2.16. The number of likely N-dealkylation sites (tertiary alicyclic amines) is 1. The van der Waals surface area contributed by atoms with E-state index < -0.39 is 11.9 Å². The molecule has 1 saturated heterocycles. The summed E-state index contributed by atoms with van der Waals surface area (Å²) in [5, 5.41) is 9.41. The van der Waals surface area contributed by atoms with E-state index in [-0.39, 0.29) is 30.3 Å². The van der Waals surface area contributed by atoms with Crippen molar-refractivity contribution in [2.24, 2.45) is 5.92 Å². The Balaban J connectivity index is 1.17. The van der Waals surface area contributed by atoms with Crippen LogP contribution >= 0.6 is 11.3 Å². The summed E-state index contributed by atoms with van der Waals surface area (Å²) < 4.78 is 39.9. The molecule has 3 aromatic rings. The molecule has 1 unspecified atom stereocenters. The predicted molar refractivity (Wildman–Crippen MR) is 137 cm³/mol. The van der Waals surface area contributed by atoms with Gasteiger partial charge in [0.25, 0.3) is 5.91 Å². The van der Waals surface area contributed by atoms with Crippen LogP contribution in [0.1, 0.15) is 76.2 Å². The number of amides is 2. The minimum atomic E-state index is -4.54. The number of aryl methyl sites for hydroxylation is 2. The lowest BCUT2D eigenvalue weighted by Gasteiger charge is -2.32. The number of thiazole rings is 1. The summed E-state index contributed by atoms with van der Waals surface area (Å²) in [7, 11) is 0. The Hall–Kier alpha value is -3.21. The summed E-state index contributed by atoms with van der Waals surface area (Å²) in [4.78, 5) is 32.1. The average molecular weight is 546 g/mol. The number of rotatable bonds is 5. The van der Waals surface area contributed by atoms with Crippen molar-refractivity contribution < 1.29 is 22.8 Å². The van der Waals surface area contributed by atoms with Gasteiger partial charge in [-0.05, 0) is 55.7 Å². The third-order valence-electron chi connectivity index (χ3n) is 7.62. The molecular weight excluding hydrogens is 515 g/mol. The summed E-state index contributed by atoms with van der Waals surface area (Å²) in [6.07, 6.45) is -1.15. The number of carbonyl (C=O) groups is 2. The van der Waals surface area contributed by atoms with Gasteiger partial charge in [-0.15, -0.1) is 11.3 Å². The van der Waals surface area contributed by atoms with Crippen LogP contribution in [-0.4, -0.2) is 44.6 Å². The molecule has 2 aromatic heterocycles. The fraction of sp³-hybridized carbons (Fsp3) is 0.481. The lowest BCUT2D eigenvalue weighted by atomic mass is 9.80. The molecular formula is C27H30F3N5O2S. The first-order valence-corrected chi connectivity index (χ1v) is 13.7. The number of carbonyl (C=O) groups excluding carboxylic acids is 2. The monoisotopic (exact) mass is 545 g/mol. The van der Waals surface area contributed by atoms with Crippen LogP contribution in [0.25, 0.3) is 0 Å². The van der Waals surface area contributed by atoms with E-state index in [1.54, 1.807) is 10.3 Å². The second-order valence-corrected chi connectivity index (χ2v) is 11.1. The predicted octanol–water partition coefficient (Wildman–Crippen LogP) is 5.13. The fourth-order valence-electron chi connectivity index (χ4n) is 5.35. The molecule has 2 atom stereocenters. The largest absolute Gasteiger partial charge is 0.435 e. The highest BCUT2D eigenvalue weighted by Gasteiger charge is 2.35. The van der Waals surface area contributed by atoms with Gasteiger partial charge in [0, 0.05) is 30.1 Å². The zero-order valence-electron chi connectivity index (χ0n) is 21.3. The number of fused-ring (bicyclic) bond motifs is 1.